The number of anilines is 1. The molecule has 2 aromatic heterocycles. The highest BCUT2D eigenvalue weighted by Crippen LogP contribution is 2.28. The Morgan fingerprint density at radius 1 is 1.53 bits per heavy atom. The van der Waals surface area contributed by atoms with Crippen LogP contribution in [0, 0.1) is 5.92 Å². The Balaban J connectivity index is 1.65. The van der Waals surface area contributed by atoms with Crippen molar-refractivity contribution in [3.8, 4) is 0 Å². The summed E-state index contributed by atoms with van der Waals surface area (Å²) in [6, 6.07) is 0. The van der Waals surface area contributed by atoms with Gasteiger partial charge in [0.2, 0.25) is 0 Å². The molecule has 0 radical (unpaired) electrons. The first kappa shape index (κ1) is 12.9. The summed E-state index contributed by atoms with van der Waals surface area (Å²) in [7, 11) is 2.02. The van der Waals surface area contributed by atoms with E-state index in [1.165, 1.54) is 12.8 Å². The van der Waals surface area contributed by atoms with E-state index in [4.69, 9.17) is 4.74 Å². The minimum atomic E-state index is 0.730. The fraction of sp³-hybridized carbons (Fsp3) is 0.538. The number of hydrogen-bond donors (Lipinski definition) is 0. The van der Waals surface area contributed by atoms with Crippen LogP contribution >= 0.6 is 15.9 Å². The number of hydrogen-bond acceptors (Lipinski definition) is 4. The summed E-state index contributed by atoms with van der Waals surface area (Å²) < 4.78 is 8.44. The summed E-state index contributed by atoms with van der Waals surface area (Å²) in [5, 5.41) is 0. The molecule has 0 aliphatic heterocycles. The third-order valence-corrected chi connectivity index (χ3v) is 3.69. The van der Waals surface area contributed by atoms with E-state index in [1.54, 1.807) is 6.20 Å². The number of fused-ring (bicyclic) bond motifs is 1. The molecule has 0 N–H and O–H groups in total. The second-order valence-corrected chi connectivity index (χ2v) is 5.80. The Morgan fingerprint density at radius 2 is 2.37 bits per heavy atom. The first-order chi connectivity index (χ1) is 9.24. The molecule has 5 nitrogen and oxygen atoms in total. The summed E-state index contributed by atoms with van der Waals surface area (Å²) in [6.07, 6.45) is 8.27. The smallest absolute Gasteiger partial charge is 0.180 e. The van der Waals surface area contributed by atoms with Gasteiger partial charge < -0.3 is 14.0 Å². The largest absolute Gasteiger partial charge is 0.379 e. The lowest BCUT2D eigenvalue weighted by Gasteiger charge is -2.18. The SMILES string of the molecule is CN(CCOCC1CC1)c1nc(Br)cn2ccnc12. The fourth-order valence-electron chi connectivity index (χ4n) is 1.98. The van der Waals surface area contributed by atoms with Crippen molar-refractivity contribution in [2.45, 2.75) is 12.8 Å². The number of halogens is 1. The number of rotatable bonds is 6. The van der Waals surface area contributed by atoms with Crippen LogP contribution in [0.5, 0.6) is 0 Å². The van der Waals surface area contributed by atoms with E-state index in [0.717, 1.165) is 41.7 Å². The van der Waals surface area contributed by atoms with Crippen LogP contribution < -0.4 is 4.90 Å². The summed E-state index contributed by atoms with van der Waals surface area (Å²) >= 11 is 3.43. The van der Waals surface area contributed by atoms with E-state index in [0.29, 0.717) is 0 Å². The monoisotopic (exact) mass is 324 g/mol. The van der Waals surface area contributed by atoms with Gasteiger partial charge in [0.1, 0.15) is 4.60 Å². The molecule has 0 atom stereocenters. The molecule has 0 amide bonds. The lowest BCUT2D eigenvalue weighted by atomic mass is 10.4. The third kappa shape index (κ3) is 3.06. The van der Waals surface area contributed by atoms with Gasteiger partial charge in [-0.05, 0) is 34.7 Å². The molecular formula is C13H17BrN4O. The third-order valence-electron chi connectivity index (χ3n) is 3.31. The Kier molecular flexibility index (Phi) is 3.70. The summed E-state index contributed by atoms with van der Waals surface area (Å²) in [6.45, 7) is 2.45. The van der Waals surface area contributed by atoms with Gasteiger partial charge in [-0.25, -0.2) is 9.97 Å². The minimum absolute atomic E-state index is 0.730. The molecule has 0 unspecified atom stereocenters. The van der Waals surface area contributed by atoms with E-state index in [9.17, 15) is 0 Å². The van der Waals surface area contributed by atoms with Crippen molar-refractivity contribution in [2.75, 3.05) is 31.7 Å². The van der Waals surface area contributed by atoms with Crippen molar-refractivity contribution in [3.05, 3.63) is 23.2 Å². The highest BCUT2D eigenvalue weighted by Gasteiger charge is 2.21. The molecule has 1 saturated carbocycles. The zero-order valence-electron chi connectivity index (χ0n) is 10.9. The van der Waals surface area contributed by atoms with Crippen LogP contribution in [0.15, 0.2) is 23.2 Å². The first-order valence-corrected chi connectivity index (χ1v) is 7.31. The maximum atomic E-state index is 5.67. The van der Waals surface area contributed by atoms with Gasteiger partial charge in [-0.2, -0.15) is 0 Å². The van der Waals surface area contributed by atoms with Gasteiger partial charge in [-0.1, -0.05) is 0 Å². The molecule has 0 saturated heterocycles. The van der Waals surface area contributed by atoms with Gasteiger partial charge in [0.05, 0.1) is 6.61 Å². The number of aromatic nitrogens is 3. The van der Waals surface area contributed by atoms with Crippen LogP contribution in [0.4, 0.5) is 5.82 Å². The molecule has 0 aromatic carbocycles. The summed E-state index contributed by atoms with van der Waals surface area (Å²) in [5.74, 6) is 1.68. The van der Waals surface area contributed by atoms with Gasteiger partial charge in [0.25, 0.3) is 0 Å². The van der Waals surface area contributed by atoms with E-state index >= 15 is 0 Å². The average Bonchev–Trinajstić information content (AvgIpc) is 3.10. The second kappa shape index (κ2) is 5.46. The molecule has 2 aromatic rings. The average molecular weight is 325 g/mol. The molecular weight excluding hydrogens is 308 g/mol. The number of imidazole rings is 1. The zero-order valence-corrected chi connectivity index (χ0v) is 12.5. The quantitative estimate of drug-likeness (QED) is 0.765. The second-order valence-electron chi connectivity index (χ2n) is 4.99. The Bertz CT molecular complexity index is 567. The molecule has 6 heteroatoms. The van der Waals surface area contributed by atoms with Crippen molar-refractivity contribution in [3.63, 3.8) is 0 Å². The van der Waals surface area contributed by atoms with Gasteiger partial charge >= 0.3 is 0 Å². The highest BCUT2D eigenvalue weighted by molar-refractivity contribution is 9.10. The zero-order chi connectivity index (χ0) is 13.2. The van der Waals surface area contributed by atoms with Gasteiger partial charge in [0.15, 0.2) is 11.5 Å². The lowest BCUT2D eigenvalue weighted by molar-refractivity contribution is 0.131. The van der Waals surface area contributed by atoms with E-state index in [2.05, 4.69) is 30.8 Å². The molecule has 0 bridgehead atoms. The summed E-state index contributed by atoms with van der Waals surface area (Å²) in [5.41, 5.74) is 0.868. The van der Waals surface area contributed by atoms with Crippen LogP contribution in [0.25, 0.3) is 5.65 Å². The normalized spacial score (nSPS) is 15.1. The number of nitrogens with zero attached hydrogens (tertiary/aromatic N) is 4. The van der Waals surface area contributed by atoms with Crippen LogP contribution in [0.1, 0.15) is 12.8 Å². The predicted molar refractivity (Wildman–Crippen MR) is 77.5 cm³/mol. The van der Waals surface area contributed by atoms with Crippen LogP contribution in [0.3, 0.4) is 0 Å². The van der Waals surface area contributed by atoms with Crippen LogP contribution in [-0.2, 0) is 4.74 Å². The molecule has 1 fully saturated rings. The molecule has 1 aliphatic carbocycles. The molecule has 3 rings (SSSR count). The molecule has 0 spiro atoms. The van der Waals surface area contributed by atoms with Gasteiger partial charge in [-0.3, -0.25) is 0 Å². The van der Waals surface area contributed by atoms with Crippen LogP contribution in [-0.4, -0.2) is 41.2 Å². The molecule has 102 valence electrons. The van der Waals surface area contributed by atoms with Crippen molar-refractivity contribution in [1.29, 1.82) is 0 Å². The van der Waals surface area contributed by atoms with Crippen molar-refractivity contribution < 1.29 is 4.74 Å². The first-order valence-electron chi connectivity index (χ1n) is 6.52. The van der Waals surface area contributed by atoms with E-state index in [-0.39, 0.29) is 0 Å². The standard InChI is InChI=1S/C13H17BrN4O/c1-17(6-7-19-9-10-2-3-10)13-12-15-4-5-18(12)8-11(14)16-13/h4-5,8,10H,2-3,6-7,9H2,1H3. The van der Waals surface area contributed by atoms with Crippen molar-refractivity contribution >= 4 is 27.4 Å². The van der Waals surface area contributed by atoms with Gasteiger partial charge in [0, 0.05) is 38.8 Å². The number of ether oxygens (including phenoxy) is 1. The summed E-state index contributed by atoms with van der Waals surface area (Å²) in [4.78, 5) is 10.9. The maximum Gasteiger partial charge on any atom is 0.180 e. The fourth-order valence-corrected chi connectivity index (χ4v) is 2.37. The number of likely N-dealkylation sites (N-methyl/N-ethyl adjacent to an activating group) is 1. The Hall–Kier alpha value is -1.14. The maximum absolute atomic E-state index is 5.67. The van der Waals surface area contributed by atoms with Crippen molar-refractivity contribution in [2.24, 2.45) is 5.92 Å². The van der Waals surface area contributed by atoms with E-state index in [1.807, 2.05) is 23.8 Å². The highest BCUT2D eigenvalue weighted by atomic mass is 79.9. The topological polar surface area (TPSA) is 42.7 Å². The molecule has 1 aliphatic rings. The van der Waals surface area contributed by atoms with Crippen LogP contribution in [0.2, 0.25) is 0 Å². The lowest BCUT2D eigenvalue weighted by Crippen LogP contribution is -2.24. The molecule has 2 heterocycles. The van der Waals surface area contributed by atoms with E-state index < -0.39 is 0 Å². The molecule has 19 heavy (non-hydrogen) atoms. The predicted octanol–water partition coefficient (Wildman–Crippen LogP) is 2.35. The Morgan fingerprint density at radius 3 is 3.16 bits per heavy atom. The Labute approximate surface area is 120 Å². The minimum Gasteiger partial charge on any atom is -0.379 e. The van der Waals surface area contributed by atoms with Crippen molar-refractivity contribution in [1.82, 2.24) is 14.4 Å². The van der Waals surface area contributed by atoms with Gasteiger partial charge in [-0.15, -0.1) is 0 Å².